The number of nitrogens with zero attached hydrogens (tertiary/aromatic N) is 4. The Labute approximate surface area is 198 Å². The van der Waals surface area contributed by atoms with Crippen LogP contribution in [0, 0.1) is 11.7 Å². The Morgan fingerprint density at radius 3 is 2.26 bits per heavy atom. The molecule has 2 fully saturated rings. The lowest BCUT2D eigenvalue weighted by Crippen LogP contribution is -2.46. The minimum atomic E-state index is -3.27. The largest absolute Gasteiger partial charge is 0.493 e. The lowest BCUT2D eigenvalue weighted by atomic mass is 9.85. The lowest BCUT2D eigenvalue weighted by molar-refractivity contribution is -0.149. The molecule has 2 saturated heterocycles. The molecule has 11 heteroatoms. The van der Waals surface area contributed by atoms with E-state index in [-0.39, 0.29) is 0 Å². The van der Waals surface area contributed by atoms with Gasteiger partial charge in [0.15, 0.2) is 5.82 Å². The summed E-state index contributed by atoms with van der Waals surface area (Å²) in [6.45, 7) is 3.18. The molecule has 3 heterocycles. The van der Waals surface area contributed by atoms with Crippen molar-refractivity contribution in [2.45, 2.75) is 31.3 Å². The summed E-state index contributed by atoms with van der Waals surface area (Å²) >= 11 is 0. The first-order valence-electron chi connectivity index (χ1n) is 11.3. The van der Waals surface area contributed by atoms with Crippen LogP contribution in [0.5, 0.6) is 5.75 Å². The summed E-state index contributed by atoms with van der Waals surface area (Å²) in [6, 6.07) is 7.47. The second-order valence-electron chi connectivity index (χ2n) is 8.84. The van der Waals surface area contributed by atoms with Crippen LogP contribution in [-0.4, -0.2) is 68.2 Å². The summed E-state index contributed by atoms with van der Waals surface area (Å²) in [6.07, 6.45) is 6.19. The van der Waals surface area contributed by atoms with Gasteiger partial charge in [0.1, 0.15) is 11.4 Å². The Balaban J connectivity index is 1.30. The van der Waals surface area contributed by atoms with Gasteiger partial charge in [-0.25, -0.2) is 27.1 Å². The maximum Gasteiger partial charge on any atom is 0.293 e. The lowest BCUT2D eigenvalue weighted by Gasteiger charge is -2.39. The first kappa shape index (κ1) is 24.3. The number of benzene rings is 1. The van der Waals surface area contributed by atoms with E-state index in [0.717, 1.165) is 37.2 Å². The van der Waals surface area contributed by atoms with Crippen LogP contribution in [-0.2, 0) is 25.2 Å². The molecule has 0 spiro atoms. The third kappa shape index (κ3) is 5.64. The Morgan fingerprint density at radius 2 is 1.71 bits per heavy atom. The van der Waals surface area contributed by atoms with Crippen molar-refractivity contribution in [3.05, 3.63) is 48.0 Å². The number of ether oxygens (including phenoxy) is 2. The molecule has 2 aliphatic heterocycles. The van der Waals surface area contributed by atoms with E-state index in [1.165, 1.54) is 23.0 Å². The number of carbonyl (C=O) groups is 1. The molecule has 0 saturated carbocycles. The molecular weight excluding hydrogens is 463 g/mol. The van der Waals surface area contributed by atoms with E-state index in [1.54, 1.807) is 0 Å². The molecule has 4 rings (SSSR count). The normalized spacial score (nSPS) is 19.5. The first-order valence-corrected chi connectivity index (χ1v) is 13.2. The monoisotopic (exact) mass is 492 g/mol. The van der Waals surface area contributed by atoms with Gasteiger partial charge in [-0.1, -0.05) is 12.1 Å². The number of rotatable bonds is 8. The second-order valence-corrected chi connectivity index (χ2v) is 10.8. The quantitative estimate of drug-likeness (QED) is 0.518. The van der Waals surface area contributed by atoms with E-state index in [9.17, 15) is 17.6 Å². The zero-order chi connectivity index (χ0) is 24.2. The van der Waals surface area contributed by atoms with Crippen molar-refractivity contribution < 1.29 is 27.1 Å². The Kier molecular flexibility index (Phi) is 7.32. The maximum absolute atomic E-state index is 13.0. The molecule has 2 aliphatic rings. The molecular formula is C23H29FN4O5S. The van der Waals surface area contributed by atoms with Crippen LogP contribution in [0.4, 0.5) is 10.3 Å². The maximum atomic E-state index is 13.0. The highest BCUT2D eigenvalue weighted by Gasteiger charge is 2.40. The predicted molar refractivity (Wildman–Crippen MR) is 123 cm³/mol. The predicted octanol–water partition coefficient (Wildman–Crippen LogP) is 2.33. The van der Waals surface area contributed by atoms with Crippen molar-refractivity contribution >= 4 is 22.4 Å². The topological polar surface area (TPSA) is 102 Å². The Bertz CT molecular complexity index is 1070. The third-order valence-corrected chi connectivity index (χ3v) is 7.95. The molecule has 1 aromatic heterocycles. The molecule has 0 N–H and O–H groups in total. The van der Waals surface area contributed by atoms with Crippen LogP contribution in [0.25, 0.3) is 0 Å². The molecule has 0 aliphatic carbocycles. The average molecular weight is 493 g/mol. The SMILES string of the molecule is CS(=O)(=O)N1CCC(OC=O)(c2ccc(OCC3CCN(c4ncc(F)cn4)CC3)cc2)CC1. The smallest absolute Gasteiger partial charge is 0.293 e. The molecule has 9 nitrogen and oxygen atoms in total. The van der Waals surface area contributed by atoms with E-state index >= 15 is 0 Å². The zero-order valence-electron chi connectivity index (χ0n) is 19.1. The van der Waals surface area contributed by atoms with Gasteiger partial charge in [0.05, 0.1) is 25.3 Å². The van der Waals surface area contributed by atoms with Gasteiger partial charge in [0.2, 0.25) is 16.0 Å². The van der Waals surface area contributed by atoms with Gasteiger partial charge in [-0.3, -0.25) is 4.79 Å². The van der Waals surface area contributed by atoms with Gasteiger partial charge in [-0.2, -0.15) is 0 Å². The average Bonchev–Trinajstić information content (AvgIpc) is 2.84. The summed E-state index contributed by atoms with van der Waals surface area (Å²) in [4.78, 5) is 21.3. The third-order valence-electron chi connectivity index (χ3n) is 6.64. The number of hydrogen-bond acceptors (Lipinski definition) is 8. The van der Waals surface area contributed by atoms with E-state index in [1.807, 2.05) is 29.2 Å². The van der Waals surface area contributed by atoms with Crippen molar-refractivity contribution in [1.82, 2.24) is 14.3 Å². The number of anilines is 1. The summed E-state index contributed by atoms with van der Waals surface area (Å²) in [5.41, 5.74) is -0.0100. The molecule has 1 aromatic carbocycles. The number of aromatic nitrogens is 2. The number of carbonyl (C=O) groups excluding carboxylic acids is 1. The fourth-order valence-electron chi connectivity index (χ4n) is 4.58. The summed E-state index contributed by atoms with van der Waals surface area (Å²) in [5.74, 6) is 1.22. The molecule has 2 aromatic rings. The van der Waals surface area contributed by atoms with Crippen molar-refractivity contribution in [2.24, 2.45) is 5.92 Å². The van der Waals surface area contributed by atoms with Crippen molar-refractivity contribution in [1.29, 1.82) is 0 Å². The van der Waals surface area contributed by atoms with Gasteiger partial charge >= 0.3 is 0 Å². The first-order chi connectivity index (χ1) is 16.3. The fourth-order valence-corrected chi connectivity index (χ4v) is 5.43. The molecule has 184 valence electrons. The zero-order valence-corrected chi connectivity index (χ0v) is 19.9. The fraction of sp³-hybridized carbons (Fsp3) is 0.522. The summed E-state index contributed by atoms with van der Waals surface area (Å²) < 4.78 is 49.6. The highest BCUT2D eigenvalue weighted by Crippen LogP contribution is 2.37. The molecule has 0 amide bonds. The van der Waals surface area contributed by atoms with E-state index in [2.05, 4.69) is 9.97 Å². The summed E-state index contributed by atoms with van der Waals surface area (Å²) in [5, 5.41) is 0. The van der Waals surface area contributed by atoms with Gasteiger partial charge in [-0.15, -0.1) is 0 Å². The molecule has 0 atom stereocenters. The Hall–Kier alpha value is -2.79. The van der Waals surface area contributed by atoms with Crippen LogP contribution in [0.3, 0.4) is 0 Å². The van der Waals surface area contributed by atoms with Crippen LogP contribution in [0.1, 0.15) is 31.2 Å². The molecule has 34 heavy (non-hydrogen) atoms. The molecule has 0 bridgehead atoms. The number of sulfonamides is 1. The van der Waals surface area contributed by atoms with Crippen molar-refractivity contribution in [2.75, 3.05) is 43.9 Å². The van der Waals surface area contributed by atoms with Gasteiger partial charge in [-0.05, 0) is 36.5 Å². The molecule has 0 unspecified atom stereocenters. The number of halogens is 1. The standard InChI is InChI=1S/C23H29FN4O5S/c1-34(30,31)28-12-8-23(9-13-28,33-17-29)19-2-4-21(5-3-19)32-16-18-6-10-27(11-7-18)22-25-14-20(24)15-26-22/h2-5,14-15,17-18H,6-13,16H2,1H3. The van der Waals surface area contributed by atoms with Gasteiger partial charge < -0.3 is 14.4 Å². The van der Waals surface area contributed by atoms with Crippen molar-refractivity contribution in [3.63, 3.8) is 0 Å². The number of hydrogen-bond donors (Lipinski definition) is 0. The minimum Gasteiger partial charge on any atom is -0.493 e. The van der Waals surface area contributed by atoms with Crippen molar-refractivity contribution in [3.8, 4) is 5.75 Å². The van der Waals surface area contributed by atoms with E-state index in [0.29, 0.717) is 50.9 Å². The molecule has 0 radical (unpaired) electrons. The van der Waals surface area contributed by atoms with Crippen LogP contribution < -0.4 is 9.64 Å². The second kappa shape index (κ2) is 10.2. The van der Waals surface area contributed by atoms with Gasteiger partial charge in [0, 0.05) is 39.0 Å². The van der Waals surface area contributed by atoms with Gasteiger partial charge in [0.25, 0.3) is 6.47 Å². The van der Waals surface area contributed by atoms with E-state index < -0.39 is 21.4 Å². The highest BCUT2D eigenvalue weighted by molar-refractivity contribution is 7.88. The Morgan fingerprint density at radius 1 is 1.09 bits per heavy atom. The van der Waals surface area contributed by atoms with E-state index in [4.69, 9.17) is 9.47 Å². The highest BCUT2D eigenvalue weighted by atomic mass is 32.2. The van der Waals surface area contributed by atoms with Crippen LogP contribution in [0.2, 0.25) is 0 Å². The van der Waals surface area contributed by atoms with Crippen LogP contribution in [0.15, 0.2) is 36.7 Å². The van der Waals surface area contributed by atoms with Crippen LogP contribution >= 0.6 is 0 Å². The summed E-state index contributed by atoms with van der Waals surface area (Å²) in [7, 11) is -3.27. The minimum absolute atomic E-state index is 0.298. The number of piperidine rings is 2.